The van der Waals surface area contributed by atoms with E-state index in [4.69, 9.17) is 4.74 Å². The second-order valence-electron chi connectivity index (χ2n) is 8.26. The van der Waals surface area contributed by atoms with E-state index in [0.717, 1.165) is 34.0 Å². The average molecular weight is 490 g/mol. The van der Waals surface area contributed by atoms with E-state index in [1.54, 1.807) is 24.3 Å². The number of hydrogen-bond acceptors (Lipinski definition) is 6. The molecule has 8 nitrogen and oxygen atoms in total. The number of ether oxygens (including phenoxy) is 1. The van der Waals surface area contributed by atoms with Gasteiger partial charge in [-0.15, -0.1) is 0 Å². The molecule has 8 heteroatoms. The number of nitrogens with one attached hydrogen (secondary N) is 1. The first-order valence-electron chi connectivity index (χ1n) is 11.6. The zero-order valence-electron chi connectivity index (χ0n) is 20.7. The number of carbonyl (C=O) groups excluding carboxylic acids is 3. The minimum Gasteiger partial charge on any atom is -0.492 e. The van der Waals surface area contributed by atoms with Gasteiger partial charge in [-0.25, -0.2) is 0 Å². The zero-order valence-corrected chi connectivity index (χ0v) is 20.7. The molecule has 3 aromatic carbocycles. The summed E-state index contributed by atoms with van der Waals surface area (Å²) in [5.74, 6) is -1.14. The van der Waals surface area contributed by atoms with E-state index >= 15 is 0 Å². The lowest BCUT2D eigenvalue weighted by Crippen LogP contribution is -2.52. The Balaban J connectivity index is 1.60. The predicted octanol–water partition coefficient (Wildman–Crippen LogP) is 2.62. The van der Waals surface area contributed by atoms with Crippen molar-refractivity contribution in [2.45, 2.75) is 6.04 Å². The minimum atomic E-state index is -1.40. The summed E-state index contributed by atoms with van der Waals surface area (Å²) in [4.78, 5) is 40.1. The molecule has 1 unspecified atom stereocenters. The van der Waals surface area contributed by atoms with Crippen LogP contribution in [0, 0.1) is 0 Å². The van der Waals surface area contributed by atoms with Crippen LogP contribution in [0.15, 0.2) is 78.9 Å². The lowest BCUT2D eigenvalue weighted by atomic mass is 10.0. The van der Waals surface area contributed by atoms with Gasteiger partial charge in [0, 0.05) is 32.4 Å². The topological polar surface area (TPSA) is 99.2 Å². The first-order chi connectivity index (χ1) is 17.3. The van der Waals surface area contributed by atoms with Crippen LogP contribution in [0.25, 0.3) is 11.1 Å². The molecular formula is C28H31N3O5. The Morgan fingerprint density at radius 2 is 1.47 bits per heavy atom. The van der Waals surface area contributed by atoms with Crippen molar-refractivity contribution in [3.8, 4) is 16.9 Å². The lowest BCUT2D eigenvalue weighted by Gasteiger charge is -2.25. The number of nitrogens with zero attached hydrogens (tertiary/aromatic N) is 2. The fraction of sp³-hybridized carbons (Fsp3) is 0.250. The van der Waals surface area contributed by atoms with Crippen molar-refractivity contribution in [1.29, 1.82) is 0 Å². The van der Waals surface area contributed by atoms with Crippen molar-refractivity contribution in [1.82, 2.24) is 10.2 Å². The van der Waals surface area contributed by atoms with Gasteiger partial charge in [0.05, 0.1) is 6.54 Å². The number of aliphatic hydroxyl groups excluding tert-OH is 1. The molecule has 2 N–H and O–H groups in total. The molecule has 188 valence electrons. The van der Waals surface area contributed by atoms with Gasteiger partial charge in [0.15, 0.2) is 11.8 Å². The first kappa shape index (κ1) is 26.4. The Labute approximate surface area is 211 Å². The Morgan fingerprint density at radius 1 is 0.889 bits per heavy atom. The van der Waals surface area contributed by atoms with Crippen LogP contribution in [-0.2, 0) is 9.59 Å². The van der Waals surface area contributed by atoms with Gasteiger partial charge >= 0.3 is 0 Å². The maximum atomic E-state index is 12.9. The molecule has 0 aromatic heterocycles. The Kier molecular flexibility index (Phi) is 9.19. The summed E-state index contributed by atoms with van der Waals surface area (Å²) < 4.78 is 5.88. The van der Waals surface area contributed by atoms with E-state index in [2.05, 4.69) is 22.3 Å². The lowest BCUT2D eigenvalue weighted by molar-refractivity contribution is -0.135. The normalized spacial score (nSPS) is 11.3. The number of hydrogen-bond donors (Lipinski definition) is 2. The molecule has 0 aliphatic carbocycles. The van der Waals surface area contributed by atoms with E-state index in [-0.39, 0.29) is 0 Å². The molecule has 0 radical (unpaired) electrons. The highest BCUT2D eigenvalue weighted by atomic mass is 16.5. The molecule has 0 aliphatic heterocycles. The fourth-order valence-corrected chi connectivity index (χ4v) is 3.74. The first-order valence-corrected chi connectivity index (χ1v) is 11.6. The quantitative estimate of drug-likeness (QED) is 0.402. The van der Waals surface area contributed by atoms with E-state index in [1.165, 1.54) is 14.1 Å². The van der Waals surface area contributed by atoms with Gasteiger partial charge in [0.1, 0.15) is 19.0 Å². The van der Waals surface area contributed by atoms with Crippen LogP contribution in [0.5, 0.6) is 5.75 Å². The summed E-state index contributed by atoms with van der Waals surface area (Å²) in [6.07, 6.45) is 0. The fourth-order valence-electron chi connectivity index (χ4n) is 3.74. The Morgan fingerprint density at radius 3 is 2.03 bits per heavy atom. The highest BCUT2D eigenvalue weighted by molar-refractivity contribution is 6.10. The van der Waals surface area contributed by atoms with E-state index < -0.39 is 30.2 Å². The molecule has 0 spiro atoms. The highest BCUT2D eigenvalue weighted by Crippen LogP contribution is 2.23. The highest BCUT2D eigenvalue weighted by Gasteiger charge is 2.32. The van der Waals surface area contributed by atoms with Crippen molar-refractivity contribution in [2.24, 2.45) is 0 Å². The van der Waals surface area contributed by atoms with Crippen LogP contribution in [0.2, 0.25) is 0 Å². The standard InChI is InChI=1S/C28H31N3O5/c1-29-27(34)26(25(33)19-32)31(3)28(35)22-11-9-20(10-12-22)21-13-15-24(16-14-21)36-18-17-30(2)23-7-5-4-6-8-23/h4-16,26,32H,17-19H2,1-3H3,(H,29,34). The van der Waals surface area contributed by atoms with Crippen molar-refractivity contribution in [2.75, 3.05) is 45.8 Å². The second kappa shape index (κ2) is 12.5. The number of benzene rings is 3. The molecule has 3 rings (SSSR count). The summed E-state index contributed by atoms with van der Waals surface area (Å²) in [6.45, 7) is 0.462. The van der Waals surface area contributed by atoms with Crippen molar-refractivity contribution in [3.05, 3.63) is 84.4 Å². The van der Waals surface area contributed by atoms with Gasteiger partial charge < -0.3 is 25.0 Å². The third-order valence-electron chi connectivity index (χ3n) is 5.88. The number of amides is 2. The molecule has 0 bridgehead atoms. The van der Waals surface area contributed by atoms with Gasteiger partial charge in [-0.05, 0) is 47.5 Å². The molecular weight excluding hydrogens is 458 g/mol. The molecule has 0 heterocycles. The van der Waals surface area contributed by atoms with E-state index in [1.807, 2.05) is 49.5 Å². The molecule has 36 heavy (non-hydrogen) atoms. The van der Waals surface area contributed by atoms with E-state index in [0.29, 0.717) is 12.2 Å². The van der Waals surface area contributed by atoms with Gasteiger partial charge in [-0.3, -0.25) is 14.4 Å². The van der Waals surface area contributed by atoms with Crippen molar-refractivity contribution in [3.63, 3.8) is 0 Å². The largest absolute Gasteiger partial charge is 0.492 e. The van der Waals surface area contributed by atoms with Gasteiger partial charge in [0.25, 0.3) is 5.91 Å². The zero-order chi connectivity index (χ0) is 26.1. The summed E-state index contributed by atoms with van der Waals surface area (Å²) in [7, 11) is 4.75. The number of aliphatic hydroxyl groups is 1. The second-order valence-corrected chi connectivity index (χ2v) is 8.26. The number of rotatable bonds is 11. The third-order valence-corrected chi connectivity index (χ3v) is 5.88. The summed E-state index contributed by atoms with van der Waals surface area (Å²) >= 11 is 0. The number of anilines is 1. The van der Waals surface area contributed by atoms with Gasteiger partial charge in [-0.1, -0.05) is 42.5 Å². The van der Waals surface area contributed by atoms with Crippen molar-refractivity contribution < 1.29 is 24.2 Å². The van der Waals surface area contributed by atoms with Crippen LogP contribution < -0.4 is 15.0 Å². The van der Waals surface area contributed by atoms with Crippen LogP contribution in [-0.4, -0.2) is 74.5 Å². The van der Waals surface area contributed by atoms with Crippen LogP contribution in [0.1, 0.15) is 10.4 Å². The molecule has 0 aliphatic rings. The average Bonchev–Trinajstić information content (AvgIpc) is 2.93. The molecule has 3 aromatic rings. The molecule has 1 atom stereocenters. The minimum absolute atomic E-state index is 0.323. The number of para-hydroxylation sites is 1. The Bertz CT molecular complexity index is 1150. The number of ketones is 1. The van der Waals surface area contributed by atoms with Crippen LogP contribution >= 0.6 is 0 Å². The predicted molar refractivity (Wildman–Crippen MR) is 139 cm³/mol. The number of Topliss-reactive ketones (excluding diaryl/α,β-unsaturated/α-hetero) is 1. The Hall–Kier alpha value is -4.17. The van der Waals surface area contributed by atoms with Gasteiger partial charge in [-0.2, -0.15) is 0 Å². The summed E-state index contributed by atoms with van der Waals surface area (Å²) in [6, 6.07) is 23.3. The van der Waals surface area contributed by atoms with E-state index in [9.17, 15) is 19.5 Å². The van der Waals surface area contributed by atoms with Crippen LogP contribution in [0.4, 0.5) is 5.69 Å². The smallest absolute Gasteiger partial charge is 0.254 e. The maximum Gasteiger partial charge on any atom is 0.254 e. The monoisotopic (exact) mass is 489 g/mol. The summed E-state index contributed by atoms with van der Waals surface area (Å²) in [5, 5.41) is 11.5. The van der Waals surface area contributed by atoms with Crippen molar-refractivity contribution >= 4 is 23.3 Å². The number of carbonyl (C=O) groups is 3. The molecule has 0 saturated heterocycles. The third kappa shape index (κ3) is 6.49. The SMILES string of the molecule is CNC(=O)C(C(=O)CO)N(C)C(=O)c1ccc(-c2ccc(OCCN(C)c3ccccc3)cc2)cc1. The number of likely N-dealkylation sites (N-methyl/N-ethyl adjacent to an activating group) is 3. The molecule has 0 fully saturated rings. The van der Waals surface area contributed by atoms with Gasteiger partial charge in [0.2, 0.25) is 5.91 Å². The van der Waals surface area contributed by atoms with Crippen LogP contribution in [0.3, 0.4) is 0 Å². The molecule has 2 amide bonds. The maximum absolute atomic E-state index is 12.9. The molecule has 0 saturated carbocycles. The summed E-state index contributed by atoms with van der Waals surface area (Å²) in [5.41, 5.74) is 3.31.